The largest absolute Gasteiger partial charge is 0.448 e. The number of aromatic nitrogens is 2. The van der Waals surface area contributed by atoms with Crippen molar-refractivity contribution < 1.29 is 41.1 Å². The molecule has 4 aromatic rings. The number of sulfonamides is 1. The third-order valence-corrected chi connectivity index (χ3v) is 9.46. The van der Waals surface area contributed by atoms with Crippen LogP contribution in [0.15, 0.2) is 71.6 Å². The van der Waals surface area contributed by atoms with Gasteiger partial charge in [-0.15, -0.1) is 5.10 Å². The van der Waals surface area contributed by atoms with E-state index in [1.807, 2.05) is 0 Å². The smallest absolute Gasteiger partial charge is 0.434 e. The first-order valence-corrected chi connectivity index (χ1v) is 15.5. The molecule has 6 rings (SSSR count). The summed E-state index contributed by atoms with van der Waals surface area (Å²) in [6.45, 7) is 1.04. The van der Waals surface area contributed by atoms with Crippen molar-refractivity contribution in [3.63, 3.8) is 0 Å². The minimum absolute atomic E-state index is 0.00930. The van der Waals surface area contributed by atoms with Crippen molar-refractivity contribution in [2.45, 2.75) is 31.3 Å². The van der Waals surface area contributed by atoms with E-state index in [0.29, 0.717) is 29.3 Å². The molecule has 0 saturated carbocycles. The Morgan fingerprint density at radius 2 is 1.63 bits per heavy atom. The molecular formula is C31H25F2N5O7S. The standard InChI is InChI=1S/C31H25F2N5O7S/c1-2-45-31(42)38-26-11-12-36(46(43,44)21-14-19(32)13-20(33)15-21)17-25(26)27(35-38)34-28(39)23-9-5-6-10-24(23)30(41)37-16-18-7-3-4-8-22(18)29(37)40/h3-10,13-15H,2,11-12,16-17H2,1H3,(H,34,35,39). The number of halogens is 2. The maximum absolute atomic E-state index is 13.9. The molecule has 2 aliphatic rings. The number of benzene rings is 3. The van der Waals surface area contributed by atoms with Crippen molar-refractivity contribution in [3.05, 3.63) is 112 Å². The van der Waals surface area contributed by atoms with Crippen LogP contribution in [0, 0.1) is 11.6 Å². The van der Waals surface area contributed by atoms with E-state index in [4.69, 9.17) is 4.74 Å². The third kappa shape index (κ3) is 5.43. The van der Waals surface area contributed by atoms with Gasteiger partial charge in [-0.25, -0.2) is 22.0 Å². The Kier molecular flexibility index (Phi) is 7.96. The maximum atomic E-state index is 13.9. The highest BCUT2D eigenvalue weighted by Crippen LogP contribution is 2.31. The van der Waals surface area contributed by atoms with Crippen LogP contribution in [-0.4, -0.2) is 64.4 Å². The Morgan fingerprint density at radius 3 is 2.33 bits per heavy atom. The molecule has 0 bridgehead atoms. The lowest BCUT2D eigenvalue weighted by Crippen LogP contribution is -2.37. The summed E-state index contributed by atoms with van der Waals surface area (Å²) in [4.78, 5) is 53.4. The molecule has 0 radical (unpaired) electrons. The number of hydrogen-bond donors (Lipinski definition) is 1. The number of carbonyl (C=O) groups excluding carboxylic acids is 4. The Hall–Kier alpha value is -5.28. The Balaban J connectivity index is 1.32. The molecule has 0 saturated heterocycles. The van der Waals surface area contributed by atoms with E-state index in [0.717, 1.165) is 13.9 Å². The predicted octanol–water partition coefficient (Wildman–Crippen LogP) is 3.96. The number of imide groups is 1. The van der Waals surface area contributed by atoms with Crippen LogP contribution in [0.3, 0.4) is 0 Å². The van der Waals surface area contributed by atoms with E-state index >= 15 is 0 Å². The van der Waals surface area contributed by atoms with Gasteiger partial charge in [0.15, 0.2) is 5.82 Å². The first kappa shape index (κ1) is 30.7. The fraction of sp³-hybridized carbons (Fsp3) is 0.194. The molecular weight excluding hydrogens is 624 g/mol. The van der Waals surface area contributed by atoms with Gasteiger partial charge >= 0.3 is 6.09 Å². The second-order valence-corrected chi connectivity index (χ2v) is 12.4. The summed E-state index contributed by atoms with van der Waals surface area (Å²) >= 11 is 0. The summed E-state index contributed by atoms with van der Waals surface area (Å²) in [5.41, 5.74) is 1.27. The van der Waals surface area contributed by atoms with E-state index in [1.165, 1.54) is 24.3 Å². The van der Waals surface area contributed by atoms with Crippen molar-refractivity contribution in [2.75, 3.05) is 18.5 Å². The van der Waals surface area contributed by atoms with Gasteiger partial charge in [0.1, 0.15) is 11.6 Å². The normalized spacial score (nSPS) is 14.5. The Morgan fingerprint density at radius 1 is 0.957 bits per heavy atom. The highest BCUT2D eigenvalue weighted by atomic mass is 32.2. The van der Waals surface area contributed by atoms with Gasteiger partial charge in [0.05, 0.1) is 34.9 Å². The van der Waals surface area contributed by atoms with Crippen LogP contribution in [0.1, 0.15) is 54.8 Å². The van der Waals surface area contributed by atoms with Crippen molar-refractivity contribution in [1.29, 1.82) is 0 Å². The molecule has 46 heavy (non-hydrogen) atoms. The Labute approximate surface area is 261 Å². The minimum atomic E-state index is -4.42. The zero-order chi connectivity index (χ0) is 32.7. The zero-order valence-electron chi connectivity index (χ0n) is 24.2. The number of rotatable bonds is 6. The van der Waals surface area contributed by atoms with Crippen LogP contribution in [-0.2, 0) is 34.3 Å². The highest BCUT2D eigenvalue weighted by Gasteiger charge is 2.37. The first-order chi connectivity index (χ1) is 22.0. The molecule has 15 heteroatoms. The number of ether oxygens (including phenoxy) is 1. The van der Waals surface area contributed by atoms with E-state index in [1.54, 1.807) is 31.2 Å². The number of fused-ring (bicyclic) bond motifs is 2. The minimum Gasteiger partial charge on any atom is -0.448 e. The van der Waals surface area contributed by atoms with Gasteiger partial charge in [0, 0.05) is 36.7 Å². The van der Waals surface area contributed by atoms with Crippen LogP contribution >= 0.6 is 0 Å². The number of anilines is 1. The molecule has 1 aromatic heterocycles. The summed E-state index contributed by atoms with van der Waals surface area (Å²) in [6.07, 6.45) is -0.925. The molecule has 1 N–H and O–H groups in total. The van der Waals surface area contributed by atoms with Crippen LogP contribution in [0.5, 0.6) is 0 Å². The first-order valence-electron chi connectivity index (χ1n) is 14.1. The van der Waals surface area contributed by atoms with Crippen LogP contribution in [0.2, 0.25) is 0 Å². The van der Waals surface area contributed by atoms with Crippen molar-refractivity contribution in [1.82, 2.24) is 19.0 Å². The molecule has 0 fully saturated rings. The summed E-state index contributed by atoms with van der Waals surface area (Å²) in [6, 6.07) is 14.5. The maximum Gasteiger partial charge on any atom is 0.434 e. The van der Waals surface area contributed by atoms with Crippen LogP contribution in [0.25, 0.3) is 0 Å². The fourth-order valence-electron chi connectivity index (χ4n) is 5.47. The SMILES string of the molecule is CCOC(=O)n1nc(NC(=O)c2ccccc2C(=O)N2Cc3ccccc3C2=O)c2c1CCN(S(=O)(=O)c1cc(F)cc(F)c1)C2. The molecule has 0 atom stereocenters. The van der Waals surface area contributed by atoms with Crippen LogP contribution < -0.4 is 5.32 Å². The van der Waals surface area contributed by atoms with E-state index in [-0.39, 0.29) is 54.3 Å². The van der Waals surface area contributed by atoms with Gasteiger partial charge in [-0.2, -0.15) is 8.99 Å². The van der Waals surface area contributed by atoms with E-state index < -0.39 is 56.9 Å². The van der Waals surface area contributed by atoms with Gasteiger partial charge in [-0.3, -0.25) is 19.3 Å². The summed E-state index contributed by atoms with van der Waals surface area (Å²) in [7, 11) is -4.42. The molecule has 0 unspecified atom stereocenters. The molecule has 3 heterocycles. The summed E-state index contributed by atoms with van der Waals surface area (Å²) in [5, 5.41) is 6.78. The van der Waals surface area contributed by atoms with Gasteiger partial charge in [-0.05, 0) is 42.8 Å². The topological polar surface area (TPSA) is 148 Å². The second kappa shape index (κ2) is 11.9. The number of hydrogen-bond acceptors (Lipinski definition) is 8. The average molecular weight is 650 g/mol. The summed E-state index contributed by atoms with van der Waals surface area (Å²) < 4.78 is 61.5. The molecule has 236 valence electrons. The number of carbonyl (C=O) groups is 4. The molecule has 0 spiro atoms. The molecule has 3 aromatic carbocycles. The Bertz CT molecular complexity index is 2030. The quantitative estimate of drug-likeness (QED) is 0.309. The molecule has 12 nitrogen and oxygen atoms in total. The van der Waals surface area contributed by atoms with E-state index in [2.05, 4.69) is 10.4 Å². The van der Waals surface area contributed by atoms with Crippen molar-refractivity contribution in [3.8, 4) is 0 Å². The molecule has 2 aliphatic heterocycles. The monoisotopic (exact) mass is 649 g/mol. The third-order valence-electron chi connectivity index (χ3n) is 7.64. The lowest BCUT2D eigenvalue weighted by Gasteiger charge is -2.27. The van der Waals surface area contributed by atoms with Gasteiger partial charge in [0.2, 0.25) is 10.0 Å². The fourth-order valence-corrected chi connectivity index (χ4v) is 6.92. The van der Waals surface area contributed by atoms with Gasteiger partial charge in [-0.1, -0.05) is 30.3 Å². The highest BCUT2D eigenvalue weighted by molar-refractivity contribution is 7.89. The number of nitrogens with zero attached hydrogens (tertiary/aromatic N) is 4. The van der Waals surface area contributed by atoms with Crippen molar-refractivity contribution >= 4 is 39.7 Å². The number of nitrogens with one attached hydrogen (secondary N) is 1. The zero-order valence-corrected chi connectivity index (χ0v) is 25.0. The van der Waals surface area contributed by atoms with Crippen LogP contribution in [0.4, 0.5) is 19.4 Å². The number of amides is 3. The lowest BCUT2D eigenvalue weighted by atomic mass is 10.0. The predicted molar refractivity (Wildman–Crippen MR) is 157 cm³/mol. The molecule has 0 aliphatic carbocycles. The van der Waals surface area contributed by atoms with Gasteiger partial charge < -0.3 is 10.1 Å². The second-order valence-electron chi connectivity index (χ2n) is 10.4. The lowest BCUT2D eigenvalue weighted by molar-refractivity contribution is 0.0628. The van der Waals surface area contributed by atoms with E-state index in [9.17, 15) is 36.4 Å². The average Bonchev–Trinajstić information content (AvgIpc) is 3.57. The van der Waals surface area contributed by atoms with Gasteiger partial charge in [0.25, 0.3) is 17.7 Å². The van der Waals surface area contributed by atoms with Crippen molar-refractivity contribution in [2.24, 2.45) is 0 Å². The molecule has 3 amide bonds. The summed E-state index contributed by atoms with van der Waals surface area (Å²) in [5.74, 6) is -4.37.